The second-order valence-electron chi connectivity index (χ2n) is 4.19. The van der Waals surface area contributed by atoms with Gasteiger partial charge in [0, 0.05) is 6.42 Å². The zero-order valence-electron chi connectivity index (χ0n) is 9.84. The Bertz CT molecular complexity index is 596. The smallest absolute Gasteiger partial charge is 0.333 e. The summed E-state index contributed by atoms with van der Waals surface area (Å²) >= 11 is 0. The third-order valence-electron chi connectivity index (χ3n) is 2.97. The monoisotopic (exact) mass is 242 g/mol. The van der Waals surface area contributed by atoms with Crippen molar-refractivity contribution in [3.63, 3.8) is 0 Å². The van der Waals surface area contributed by atoms with Gasteiger partial charge >= 0.3 is 5.97 Å². The molecule has 2 N–H and O–H groups in total. The molecule has 0 amide bonds. The Hall–Kier alpha value is -2.13. The molecule has 3 nitrogen and oxygen atoms in total. The van der Waals surface area contributed by atoms with Gasteiger partial charge in [0.25, 0.3) is 0 Å². The SMILES string of the molecule is C=C(C(=O)O)C(O)Cc1cccc2ccccc12. The molecule has 1 unspecified atom stereocenters. The number of carboxylic acid groups (broad SMARTS) is 1. The predicted molar refractivity (Wildman–Crippen MR) is 70.4 cm³/mol. The quantitative estimate of drug-likeness (QED) is 0.809. The van der Waals surface area contributed by atoms with Crippen molar-refractivity contribution >= 4 is 16.7 Å². The van der Waals surface area contributed by atoms with E-state index in [0.717, 1.165) is 16.3 Å². The number of benzene rings is 2. The fourth-order valence-corrected chi connectivity index (χ4v) is 1.94. The highest BCUT2D eigenvalue weighted by Crippen LogP contribution is 2.21. The van der Waals surface area contributed by atoms with E-state index in [1.165, 1.54) is 0 Å². The number of aliphatic hydroxyl groups is 1. The van der Waals surface area contributed by atoms with Crippen LogP contribution in [0.5, 0.6) is 0 Å². The summed E-state index contributed by atoms with van der Waals surface area (Å²) in [7, 11) is 0. The van der Waals surface area contributed by atoms with E-state index in [9.17, 15) is 9.90 Å². The highest BCUT2D eigenvalue weighted by atomic mass is 16.4. The number of aliphatic carboxylic acids is 1. The van der Waals surface area contributed by atoms with Crippen molar-refractivity contribution in [1.82, 2.24) is 0 Å². The number of fused-ring (bicyclic) bond motifs is 1. The minimum atomic E-state index is -1.16. The van der Waals surface area contributed by atoms with Crippen LogP contribution in [-0.2, 0) is 11.2 Å². The van der Waals surface area contributed by atoms with Gasteiger partial charge in [-0.3, -0.25) is 0 Å². The number of hydrogen-bond acceptors (Lipinski definition) is 2. The summed E-state index contributed by atoms with van der Waals surface area (Å²) in [6, 6.07) is 13.6. The molecule has 0 spiro atoms. The summed E-state index contributed by atoms with van der Waals surface area (Å²) < 4.78 is 0. The molecule has 2 rings (SSSR count). The number of aliphatic hydroxyl groups excluding tert-OH is 1. The van der Waals surface area contributed by atoms with Gasteiger partial charge in [0.1, 0.15) is 0 Å². The molecule has 18 heavy (non-hydrogen) atoms. The second-order valence-corrected chi connectivity index (χ2v) is 4.19. The molecule has 0 aliphatic rings. The van der Waals surface area contributed by atoms with Crippen LogP contribution in [0.2, 0.25) is 0 Å². The van der Waals surface area contributed by atoms with Gasteiger partial charge in [0.2, 0.25) is 0 Å². The first-order valence-electron chi connectivity index (χ1n) is 5.66. The van der Waals surface area contributed by atoms with Gasteiger partial charge in [-0.15, -0.1) is 0 Å². The molecule has 2 aromatic carbocycles. The van der Waals surface area contributed by atoms with Gasteiger partial charge in [-0.05, 0) is 16.3 Å². The van der Waals surface area contributed by atoms with E-state index >= 15 is 0 Å². The van der Waals surface area contributed by atoms with Crippen molar-refractivity contribution in [2.75, 3.05) is 0 Å². The fraction of sp³-hybridized carbons (Fsp3) is 0.133. The van der Waals surface area contributed by atoms with Crippen LogP contribution in [0.25, 0.3) is 10.8 Å². The first-order valence-corrected chi connectivity index (χ1v) is 5.66. The molecule has 3 heteroatoms. The molecule has 0 saturated heterocycles. The van der Waals surface area contributed by atoms with Crippen molar-refractivity contribution in [3.8, 4) is 0 Å². The molecule has 0 fully saturated rings. The average Bonchev–Trinajstić information content (AvgIpc) is 2.38. The summed E-state index contributed by atoms with van der Waals surface area (Å²) in [5, 5.41) is 20.7. The predicted octanol–water partition coefficient (Wildman–Crippen LogP) is 2.38. The number of hydrogen-bond donors (Lipinski definition) is 2. The minimum absolute atomic E-state index is 0.178. The van der Waals surface area contributed by atoms with Crippen molar-refractivity contribution < 1.29 is 15.0 Å². The van der Waals surface area contributed by atoms with Gasteiger partial charge < -0.3 is 10.2 Å². The summed E-state index contributed by atoms with van der Waals surface area (Å²) in [5.41, 5.74) is 0.742. The van der Waals surface area contributed by atoms with Gasteiger partial charge in [0.15, 0.2) is 0 Å². The van der Waals surface area contributed by atoms with Gasteiger partial charge in [-0.1, -0.05) is 49.0 Å². The zero-order chi connectivity index (χ0) is 13.1. The first kappa shape index (κ1) is 12.3. The van der Waals surface area contributed by atoms with E-state index in [1.54, 1.807) is 0 Å². The molecular formula is C15H14O3. The van der Waals surface area contributed by atoms with Crippen LogP contribution < -0.4 is 0 Å². The van der Waals surface area contributed by atoms with Crippen LogP contribution in [0.1, 0.15) is 5.56 Å². The Morgan fingerprint density at radius 2 is 1.83 bits per heavy atom. The van der Waals surface area contributed by atoms with E-state index in [2.05, 4.69) is 6.58 Å². The van der Waals surface area contributed by atoms with Crippen LogP contribution >= 0.6 is 0 Å². The Balaban J connectivity index is 2.32. The highest BCUT2D eigenvalue weighted by Gasteiger charge is 2.16. The average molecular weight is 242 g/mol. The second kappa shape index (κ2) is 5.02. The highest BCUT2D eigenvalue weighted by molar-refractivity contribution is 5.88. The zero-order valence-corrected chi connectivity index (χ0v) is 9.84. The number of carbonyl (C=O) groups is 1. The van der Waals surface area contributed by atoms with E-state index in [-0.39, 0.29) is 12.0 Å². The molecule has 0 bridgehead atoms. The maximum atomic E-state index is 10.7. The molecule has 0 aromatic heterocycles. The maximum absolute atomic E-state index is 10.7. The van der Waals surface area contributed by atoms with Gasteiger partial charge in [-0.2, -0.15) is 0 Å². The molecule has 0 aliphatic carbocycles. The summed E-state index contributed by atoms with van der Waals surface area (Å²) in [6.07, 6.45) is -0.805. The van der Waals surface area contributed by atoms with Gasteiger partial charge in [-0.25, -0.2) is 4.79 Å². The fourth-order valence-electron chi connectivity index (χ4n) is 1.94. The topological polar surface area (TPSA) is 57.5 Å². The molecule has 1 atom stereocenters. The Morgan fingerprint density at radius 1 is 1.17 bits per heavy atom. The molecule has 0 radical (unpaired) electrons. The summed E-state index contributed by atoms with van der Waals surface area (Å²) in [4.78, 5) is 10.7. The van der Waals surface area contributed by atoms with Crippen molar-refractivity contribution in [2.24, 2.45) is 0 Å². The molecule has 0 aliphatic heterocycles. The lowest BCUT2D eigenvalue weighted by Gasteiger charge is -2.12. The standard InChI is InChI=1S/C15H14O3/c1-10(15(17)18)14(16)9-12-7-4-6-11-5-2-3-8-13(11)12/h2-8,14,16H,1,9H2,(H,17,18). The van der Waals surface area contributed by atoms with Crippen LogP contribution in [0.3, 0.4) is 0 Å². The summed E-state index contributed by atoms with van der Waals surface area (Å²) in [6.45, 7) is 3.38. The van der Waals surface area contributed by atoms with Crippen LogP contribution in [0, 0.1) is 0 Å². The minimum Gasteiger partial charge on any atom is -0.478 e. The van der Waals surface area contributed by atoms with Crippen molar-refractivity contribution in [1.29, 1.82) is 0 Å². The van der Waals surface area contributed by atoms with Crippen LogP contribution in [-0.4, -0.2) is 22.3 Å². The third kappa shape index (κ3) is 2.41. The third-order valence-corrected chi connectivity index (χ3v) is 2.97. The number of rotatable bonds is 4. The lowest BCUT2D eigenvalue weighted by atomic mass is 9.97. The van der Waals surface area contributed by atoms with E-state index in [0.29, 0.717) is 0 Å². The largest absolute Gasteiger partial charge is 0.478 e. The lowest BCUT2D eigenvalue weighted by molar-refractivity contribution is -0.133. The maximum Gasteiger partial charge on any atom is 0.333 e. The number of carboxylic acids is 1. The van der Waals surface area contributed by atoms with Gasteiger partial charge in [0.05, 0.1) is 11.7 Å². The van der Waals surface area contributed by atoms with E-state index in [4.69, 9.17) is 5.11 Å². The van der Waals surface area contributed by atoms with Crippen molar-refractivity contribution in [3.05, 3.63) is 60.2 Å². The molecule has 0 saturated carbocycles. The Kier molecular flexibility index (Phi) is 3.44. The van der Waals surface area contributed by atoms with Crippen molar-refractivity contribution in [2.45, 2.75) is 12.5 Å². The van der Waals surface area contributed by atoms with Crippen LogP contribution in [0.4, 0.5) is 0 Å². The first-order chi connectivity index (χ1) is 8.59. The molecule has 0 heterocycles. The molecule has 2 aromatic rings. The van der Waals surface area contributed by atoms with Crippen LogP contribution in [0.15, 0.2) is 54.6 Å². The molecule has 92 valence electrons. The molecular weight excluding hydrogens is 228 g/mol. The van der Waals surface area contributed by atoms with E-state index < -0.39 is 12.1 Å². The summed E-state index contributed by atoms with van der Waals surface area (Å²) in [5.74, 6) is -1.16. The normalized spacial score (nSPS) is 12.3. The van der Waals surface area contributed by atoms with E-state index in [1.807, 2.05) is 42.5 Å². The Morgan fingerprint density at radius 3 is 2.56 bits per heavy atom. The lowest BCUT2D eigenvalue weighted by Crippen LogP contribution is -2.19. The Labute approximate surface area is 105 Å².